The molecule has 0 aromatic heterocycles. The maximum absolute atomic E-state index is 10.8. The molecule has 0 saturated heterocycles. The first kappa shape index (κ1) is 13.0. The van der Waals surface area contributed by atoms with Crippen molar-refractivity contribution in [3.05, 3.63) is 34.9 Å². The van der Waals surface area contributed by atoms with Gasteiger partial charge >= 0.3 is 5.97 Å². The number of halogens is 1. The van der Waals surface area contributed by atoms with Crippen LogP contribution in [0.3, 0.4) is 0 Å². The van der Waals surface area contributed by atoms with Crippen LogP contribution in [0.15, 0.2) is 24.3 Å². The lowest BCUT2D eigenvalue weighted by molar-refractivity contribution is -0.137. The van der Waals surface area contributed by atoms with Crippen LogP contribution >= 0.6 is 11.6 Å². The number of carboxylic acid groups (broad SMARTS) is 1. The highest BCUT2D eigenvalue weighted by Crippen LogP contribution is 2.28. The Kier molecular flexibility index (Phi) is 4.81. The number of carbonyl (C=O) groups is 1. The van der Waals surface area contributed by atoms with Crippen LogP contribution in [0.5, 0.6) is 0 Å². The zero-order chi connectivity index (χ0) is 12.1. The molecule has 0 aliphatic carbocycles. The fourth-order valence-electron chi connectivity index (χ4n) is 1.88. The summed E-state index contributed by atoms with van der Waals surface area (Å²) < 4.78 is 0. The molecule has 1 atom stereocenters. The zero-order valence-corrected chi connectivity index (χ0v) is 10.4. The topological polar surface area (TPSA) is 37.3 Å². The molecule has 0 spiro atoms. The van der Waals surface area contributed by atoms with Gasteiger partial charge in [-0.05, 0) is 36.0 Å². The molecule has 0 aliphatic rings. The van der Waals surface area contributed by atoms with Crippen LogP contribution in [0.25, 0.3) is 0 Å². The molecule has 1 rings (SSSR count). The highest BCUT2D eigenvalue weighted by molar-refractivity contribution is 6.30. The van der Waals surface area contributed by atoms with Crippen molar-refractivity contribution in [3.8, 4) is 0 Å². The molecular formula is C13H17ClO2. The third-order valence-electron chi connectivity index (χ3n) is 2.50. The van der Waals surface area contributed by atoms with Crippen LogP contribution in [-0.2, 0) is 4.79 Å². The van der Waals surface area contributed by atoms with Crippen molar-refractivity contribution >= 4 is 17.6 Å². The van der Waals surface area contributed by atoms with Crippen molar-refractivity contribution in [3.63, 3.8) is 0 Å². The number of aliphatic carboxylic acids is 1. The molecule has 1 N–H and O–H groups in total. The van der Waals surface area contributed by atoms with Gasteiger partial charge in [0.25, 0.3) is 0 Å². The van der Waals surface area contributed by atoms with E-state index in [9.17, 15) is 4.79 Å². The fourth-order valence-corrected chi connectivity index (χ4v) is 2.08. The van der Waals surface area contributed by atoms with Gasteiger partial charge in [-0.25, -0.2) is 0 Å². The van der Waals surface area contributed by atoms with Gasteiger partial charge < -0.3 is 5.11 Å². The molecule has 1 unspecified atom stereocenters. The highest BCUT2D eigenvalue weighted by Gasteiger charge is 2.17. The van der Waals surface area contributed by atoms with Crippen LogP contribution < -0.4 is 0 Å². The average molecular weight is 241 g/mol. The maximum atomic E-state index is 10.8. The summed E-state index contributed by atoms with van der Waals surface area (Å²) in [6.45, 7) is 4.19. The molecule has 0 bridgehead atoms. The first-order valence-corrected chi connectivity index (χ1v) is 5.84. The number of benzene rings is 1. The Hall–Kier alpha value is -1.02. The second-order valence-electron chi connectivity index (χ2n) is 4.48. The molecule has 1 aromatic carbocycles. The lowest BCUT2D eigenvalue weighted by Crippen LogP contribution is -2.09. The summed E-state index contributed by atoms with van der Waals surface area (Å²) in [6, 6.07) is 7.48. The largest absolute Gasteiger partial charge is 0.481 e. The first-order chi connectivity index (χ1) is 7.49. The monoisotopic (exact) mass is 240 g/mol. The van der Waals surface area contributed by atoms with Gasteiger partial charge in [-0.1, -0.05) is 37.6 Å². The van der Waals surface area contributed by atoms with E-state index in [1.54, 1.807) is 6.07 Å². The SMILES string of the molecule is CC(C)CC(CC(=O)O)c1cccc(Cl)c1. The van der Waals surface area contributed by atoms with Gasteiger partial charge in [0.15, 0.2) is 0 Å². The molecule has 0 amide bonds. The van der Waals surface area contributed by atoms with Crippen molar-refractivity contribution in [2.45, 2.75) is 32.6 Å². The number of hydrogen-bond donors (Lipinski definition) is 1. The minimum Gasteiger partial charge on any atom is -0.481 e. The lowest BCUT2D eigenvalue weighted by atomic mass is 9.88. The van der Waals surface area contributed by atoms with E-state index in [1.807, 2.05) is 18.2 Å². The van der Waals surface area contributed by atoms with Gasteiger partial charge in [-0.3, -0.25) is 4.79 Å². The summed E-state index contributed by atoms with van der Waals surface area (Å²) in [5.41, 5.74) is 1.02. The van der Waals surface area contributed by atoms with E-state index >= 15 is 0 Å². The highest BCUT2D eigenvalue weighted by atomic mass is 35.5. The predicted octanol–water partition coefficient (Wildman–Crippen LogP) is 3.94. The predicted molar refractivity (Wildman–Crippen MR) is 65.9 cm³/mol. The normalized spacial score (nSPS) is 12.8. The van der Waals surface area contributed by atoms with Gasteiger partial charge in [-0.15, -0.1) is 0 Å². The molecule has 1 aromatic rings. The van der Waals surface area contributed by atoms with E-state index in [-0.39, 0.29) is 12.3 Å². The Morgan fingerprint density at radius 1 is 1.44 bits per heavy atom. The Morgan fingerprint density at radius 2 is 2.12 bits per heavy atom. The maximum Gasteiger partial charge on any atom is 0.303 e. The summed E-state index contributed by atoms with van der Waals surface area (Å²) in [4.78, 5) is 10.8. The molecule has 0 radical (unpaired) electrons. The van der Waals surface area contributed by atoms with Crippen molar-refractivity contribution < 1.29 is 9.90 Å². The third-order valence-corrected chi connectivity index (χ3v) is 2.73. The molecule has 0 heterocycles. The molecular weight excluding hydrogens is 224 g/mol. The average Bonchev–Trinajstić information content (AvgIpc) is 2.15. The van der Waals surface area contributed by atoms with E-state index in [4.69, 9.17) is 16.7 Å². The Bertz CT molecular complexity index is 361. The van der Waals surface area contributed by atoms with Gasteiger partial charge in [0.2, 0.25) is 0 Å². The van der Waals surface area contributed by atoms with Crippen molar-refractivity contribution in [1.82, 2.24) is 0 Å². The molecule has 88 valence electrons. The third kappa shape index (κ3) is 4.23. The summed E-state index contributed by atoms with van der Waals surface area (Å²) in [7, 11) is 0. The standard InChI is InChI=1S/C13H17ClO2/c1-9(2)6-11(8-13(15)16)10-4-3-5-12(14)7-10/h3-5,7,9,11H,6,8H2,1-2H3,(H,15,16). The smallest absolute Gasteiger partial charge is 0.303 e. The molecule has 0 aliphatic heterocycles. The van der Waals surface area contributed by atoms with Crippen LogP contribution in [0.1, 0.15) is 38.2 Å². The number of hydrogen-bond acceptors (Lipinski definition) is 1. The Balaban J connectivity index is 2.86. The Morgan fingerprint density at radius 3 is 2.62 bits per heavy atom. The van der Waals surface area contributed by atoms with Gasteiger partial charge in [0.1, 0.15) is 0 Å². The fraction of sp³-hybridized carbons (Fsp3) is 0.462. The summed E-state index contributed by atoms with van der Waals surface area (Å²) in [5, 5.41) is 9.56. The van der Waals surface area contributed by atoms with Gasteiger partial charge in [0, 0.05) is 5.02 Å². The van der Waals surface area contributed by atoms with Gasteiger partial charge in [0.05, 0.1) is 6.42 Å². The van der Waals surface area contributed by atoms with Crippen LogP contribution in [0, 0.1) is 5.92 Å². The molecule has 16 heavy (non-hydrogen) atoms. The van der Waals surface area contributed by atoms with Crippen LogP contribution in [-0.4, -0.2) is 11.1 Å². The summed E-state index contributed by atoms with van der Waals surface area (Å²) in [6.07, 6.45) is 1.03. The summed E-state index contributed by atoms with van der Waals surface area (Å²) >= 11 is 5.91. The summed E-state index contributed by atoms with van der Waals surface area (Å²) in [5.74, 6) is -0.231. The number of rotatable bonds is 5. The molecule has 0 fully saturated rings. The number of carboxylic acids is 1. The first-order valence-electron chi connectivity index (χ1n) is 5.46. The van der Waals surface area contributed by atoms with E-state index in [2.05, 4.69) is 13.8 Å². The Labute approximate surface area is 101 Å². The zero-order valence-electron chi connectivity index (χ0n) is 9.61. The van der Waals surface area contributed by atoms with E-state index in [0.717, 1.165) is 12.0 Å². The van der Waals surface area contributed by atoms with Gasteiger partial charge in [-0.2, -0.15) is 0 Å². The van der Waals surface area contributed by atoms with E-state index < -0.39 is 5.97 Å². The lowest BCUT2D eigenvalue weighted by Gasteiger charge is -2.17. The second-order valence-corrected chi connectivity index (χ2v) is 4.92. The minimum atomic E-state index is -0.759. The van der Waals surface area contributed by atoms with Crippen molar-refractivity contribution in [2.75, 3.05) is 0 Å². The molecule has 3 heteroatoms. The van der Waals surface area contributed by atoms with Crippen LogP contribution in [0.2, 0.25) is 5.02 Å². The van der Waals surface area contributed by atoms with E-state index in [0.29, 0.717) is 10.9 Å². The van der Waals surface area contributed by atoms with Crippen molar-refractivity contribution in [1.29, 1.82) is 0 Å². The van der Waals surface area contributed by atoms with E-state index in [1.165, 1.54) is 0 Å². The van der Waals surface area contributed by atoms with Crippen LogP contribution in [0.4, 0.5) is 0 Å². The molecule has 2 nitrogen and oxygen atoms in total. The second kappa shape index (κ2) is 5.90. The quantitative estimate of drug-likeness (QED) is 0.846. The van der Waals surface area contributed by atoms with Crippen molar-refractivity contribution in [2.24, 2.45) is 5.92 Å². The molecule has 0 saturated carbocycles. The minimum absolute atomic E-state index is 0.0520.